The van der Waals surface area contributed by atoms with Gasteiger partial charge in [0.05, 0.1) is 26.7 Å². The number of nitrogens with zero attached hydrogens (tertiary/aromatic N) is 2. The first kappa shape index (κ1) is 19.1. The molecule has 136 valence electrons. The summed E-state index contributed by atoms with van der Waals surface area (Å²) in [6.07, 6.45) is -3.32. The first-order valence-electron chi connectivity index (χ1n) is 8.50. The monoisotopic (exact) mass is 345 g/mol. The van der Waals surface area contributed by atoms with Gasteiger partial charge in [-0.05, 0) is 25.0 Å². The average molecular weight is 345 g/mol. The highest BCUT2D eigenvalue weighted by Gasteiger charge is 2.34. The molecular weight excluding hydrogens is 317 g/mol. The number of hydrogen-bond donors (Lipinski definition) is 0. The molecule has 6 heteroatoms. The maximum Gasteiger partial charge on any atom is 0.401 e. The Kier molecular flexibility index (Phi) is 6.15. The minimum Gasteiger partial charge on any atom is -0.487 e. The molecule has 1 fully saturated rings. The van der Waals surface area contributed by atoms with Crippen LogP contribution in [0.5, 0.6) is 5.75 Å². The molecule has 1 aliphatic heterocycles. The Labute approximate surface area is 142 Å². The van der Waals surface area contributed by atoms with E-state index in [0.29, 0.717) is 19.7 Å². The van der Waals surface area contributed by atoms with E-state index in [1.54, 1.807) is 0 Å². The third-order valence-corrected chi connectivity index (χ3v) is 4.82. The largest absolute Gasteiger partial charge is 0.487 e. The fourth-order valence-corrected chi connectivity index (χ4v) is 3.31. The van der Waals surface area contributed by atoms with E-state index in [0.717, 1.165) is 47.4 Å². The number of hydrogen-bond acceptors (Lipinski definition) is 2. The number of benzene rings is 1. The van der Waals surface area contributed by atoms with Crippen LogP contribution in [0.3, 0.4) is 0 Å². The van der Waals surface area contributed by atoms with Gasteiger partial charge in [0, 0.05) is 19.5 Å². The summed E-state index contributed by atoms with van der Waals surface area (Å²) in [6, 6.07) is 6.06. The van der Waals surface area contributed by atoms with Crippen LogP contribution in [0.25, 0.3) is 0 Å². The Hall–Kier alpha value is -1.27. The predicted molar refractivity (Wildman–Crippen MR) is 89.3 cm³/mol. The van der Waals surface area contributed by atoms with Gasteiger partial charge >= 0.3 is 6.18 Å². The first-order valence-corrected chi connectivity index (χ1v) is 8.50. The number of rotatable bonds is 5. The van der Waals surface area contributed by atoms with Gasteiger partial charge < -0.3 is 9.22 Å². The highest BCUT2D eigenvalue weighted by Crippen LogP contribution is 2.23. The van der Waals surface area contributed by atoms with E-state index < -0.39 is 12.7 Å². The zero-order chi connectivity index (χ0) is 17.8. The van der Waals surface area contributed by atoms with Crippen LogP contribution in [0, 0.1) is 13.8 Å². The van der Waals surface area contributed by atoms with Crippen molar-refractivity contribution in [3.05, 3.63) is 29.3 Å². The van der Waals surface area contributed by atoms with E-state index in [-0.39, 0.29) is 0 Å². The number of aryl methyl sites for hydroxylation is 2. The van der Waals surface area contributed by atoms with Gasteiger partial charge in [-0.15, -0.1) is 0 Å². The molecule has 0 radical (unpaired) electrons. The minimum atomic E-state index is -4.11. The summed E-state index contributed by atoms with van der Waals surface area (Å²) < 4.78 is 44.4. The molecular formula is C18H28F3N2O+. The predicted octanol–water partition coefficient (Wildman–Crippen LogP) is 3.40. The third-order valence-electron chi connectivity index (χ3n) is 4.82. The lowest BCUT2D eigenvalue weighted by Crippen LogP contribution is -2.49. The Morgan fingerprint density at radius 2 is 1.79 bits per heavy atom. The van der Waals surface area contributed by atoms with Gasteiger partial charge in [-0.25, -0.2) is 0 Å². The molecule has 1 saturated heterocycles. The number of ether oxygens (including phenoxy) is 1. The highest BCUT2D eigenvalue weighted by atomic mass is 19.4. The Balaban J connectivity index is 1.86. The summed E-state index contributed by atoms with van der Waals surface area (Å²) in [4.78, 5) is 1.52. The number of alkyl halides is 3. The van der Waals surface area contributed by atoms with Gasteiger partial charge in [0.25, 0.3) is 0 Å². The van der Waals surface area contributed by atoms with Crippen LogP contribution < -0.4 is 4.74 Å². The molecule has 0 N–H and O–H groups in total. The molecule has 3 nitrogen and oxygen atoms in total. The molecule has 2 rings (SSSR count). The molecule has 1 unspecified atom stereocenters. The van der Waals surface area contributed by atoms with E-state index in [4.69, 9.17) is 4.74 Å². The molecule has 0 aromatic heterocycles. The second-order valence-corrected chi connectivity index (χ2v) is 7.10. The molecule has 1 heterocycles. The smallest absolute Gasteiger partial charge is 0.401 e. The summed E-state index contributed by atoms with van der Waals surface area (Å²) >= 11 is 0. The topological polar surface area (TPSA) is 12.5 Å². The normalized spacial score (nSPS) is 23.1. The Bertz CT molecular complexity index is 527. The van der Waals surface area contributed by atoms with Gasteiger partial charge in [0.1, 0.15) is 18.9 Å². The average Bonchev–Trinajstić information content (AvgIpc) is 2.63. The standard InChI is InChI=1S/C18H28F3N2O/c1-15-6-4-7-16(2)17(15)24-13-12-23(3)10-5-8-22(9-11-23)14-18(19,20)21/h4,6-7H,5,8-14H2,1-3H3/q+1. The summed E-state index contributed by atoms with van der Waals surface area (Å²) in [5.41, 5.74) is 2.23. The lowest BCUT2D eigenvalue weighted by atomic mass is 10.1. The zero-order valence-corrected chi connectivity index (χ0v) is 14.8. The third kappa shape index (κ3) is 5.67. The van der Waals surface area contributed by atoms with Crippen molar-refractivity contribution in [3.63, 3.8) is 0 Å². The lowest BCUT2D eigenvalue weighted by molar-refractivity contribution is -0.907. The van der Waals surface area contributed by atoms with E-state index >= 15 is 0 Å². The Morgan fingerprint density at radius 3 is 2.42 bits per heavy atom. The van der Waals surface area contributed by atoms with Crippen molar-refractivity contribution < 1.29 is 22.4 Å². The van der Waals surface area contributed by atoms with Crippen molar-refractivity contribution in [2.24, 2.45) is 0 Å². The minimum absolute atomic E-state index is 0.486. The fourth-order valence-electron chi connectivity index (χ4n) is 3.31. The van der Waals surface area contributed by atoms with E-state index in [1.807, 2.05) is 32.0 Å². The summed E-state index contributed by atoms with van der Waals surface area (Å²) in [5.74, 6) is 0.928. The summed E-state index contributed by atoms with van der Waals surface area (Å²) in [5, 5.41) is 0. The molecule has 1 aliphatic rings. The van der Waals surface area contributed by atoms with Crippen molar-refractivity contribution >= 4 is 0 Å². The van der Waals surface area contributed by atoms with Gasteiger partial charge in [-0.2, -0.15) is 13.2 Å². The molecule has 0 amide bonds. The van der Waals surface area contributed by atoms with Crippen LogP contribution in [-0.2, 0) is 0 Å². The van der Waals surface area contributed by atoms with Crippen LogP contribution >= 0.6 is 0 Å². The number of para-hydroxylation sites is 1. The molecule has 1 atom stereocenters. The van der Waals surface area contributed by atoms with Crippen LogP contribution in [0.2, 0.25) is 0 Å². The van der Waals surface area contributed by atoms with Gasteiger partial charge in [-0.3, -0.25) is 4.90 Å². The van der Waals surface area contributed by atoms with Crippen molar-refractivity contribution in [3.8, 4) is 5.75 Å². The summed E-state index contributed by atoms with van der Waals surface area (Å²) in [7, 11) is 2.12. The van der Waals surface area contributed by atoms with Crippen molar-refractivity contribution in [2.75, 3.05) is 52.9 Å². The molecule has 0 bridgehead atoms. The van der Waals surface area contributed by atoms with Crippen LogP contribution in [0.4, 0.5) is 13.2 Å². The second kappa shape index (κ2) is 7.74. The van der Waals surface area contributed by atoms with E-state index in [2.05, 4.69) is 7.05 Å². The van der Waals surface area contributed by atoms with Crippen molar-refractivity contribution in [1.82, 2.24) is 4.90 Å². The van der Waals surface area contributed by atoms with Gasteiger partial charge in [-0.1, -0.05) is 18.2 Å². The number of halogens is 3. The fraction of sp³-hybridized carbons (Fsp3) is 0.667. The zero-order valence-electron chi connectivity index (χ0n) is 14.8. The quantitative estimate of drug-likeness (QED) is 0.759. The van der Waals surface area contributed by atoms with Gasteiger partial charge in [0.15, 0.2) is 0 Å². The highest BCUT2D eigenvalue weighted by molar-refractivity contribution is 5.39. The molecule has 0 saturated carbocycles. The second-order valence-electron chi connectivity index (χ2n) is 7.10. The van der Waals surface area contributed by atoms with E-state index in [1.165, 1.54) is 4.90 Å². The van der Waals surface area contributed by atoms with Gasteiger partial charge in [0.2, 0.25) is 0 Å². The number of quaternary nitrogens is 1. The maximum atomic E-state index is 12.6. The maximum absolute atomic E-state index is 12.6. The van der Waals surface area contributed by atoms with Crippen molar-refractivity contribution in [2.45, 2.75) is 26.4 Å². The van der Waals surface area contributed by atoms with Crippen LogP contribution in [-0.4, -0.2) is 68.5 Å². The molecule has 1 aromatic rings. The van der Waals surface area contributed by atoms with Crippen molar-refractivity contribution in [1.29, 1.82) is 0 Å². The van der Waals surface area contributed by atoms with E-state index in [9.17, 15) is 13.2 Å². The van der Waals surface area contributed by atoms with Crippen LogP contribution in [0.15, 0.2) is 18.2 Å². The molecule has 1 aromatic carbocycles. The molecule has 0 spiro atoms. The Morgan fingerprint density at radius 1 is 1.12 bits per heavy atom. The summed E-state index contributed by atoms with van der Waals surface area (Å²) in [6.45, 7) is 7.28. The van der Waals surface area contributed by atoms with Crippen LogP contribution in [0.1, 0.15) is 17.5 Å². The number of likely N-dealkylation sites (N-methyl/N-ethyl adjacent to an activating group) is 1. The molecule has 0 aliphatic carbocycles. The lowest BCUT2D eigenvalue weighted by Gasteiger charge is -2.33. The SMILES string of the molecule is Cc1cccc(C)c1OCC[N+]1(C)CCCN(CC(F)(F)F)CC1. The molecule has 24 heavy (non-hydrogen) atoms. The first-order chi connectivity index (χ1) is 11.2.